The van der Waals surface area contributed by atoms with Crippen LogP contribution >= 0.6 is 11.6 Å². The lowest BCUT2D eigenvalue weighted by molar-refractivity contribution is 0.422. The van der Waals surface area contributed by atoms with E-state index in [2.05, 4.69) is 10.1 Å². The Bertz CT molecular complexity index is 534. The second kappa shape index (κ2) is 3.49. The van der Waals surface area contributed by atoms with Gasteiger partial charge in [-0.1, -0.05) is 16.8 Å². The van der Waals surface area contributed by atoms with Crippen LogP contribution in [0.3, 0.4) is 0 Å². The minimum atomic E-state index is 0.450. The Kier molecular flexibility index (Phi) is 2.11. The summed E-state index contributed by atoms with van der Waals surface area (Å²) in [5.74, 6) is 1.22. The molecule has 4 nitrogen and oxygen atoms in total. The molecule has 2 N–H and O–H groups in total. The van der Waals surface area contributed by atoms with Gasteiger partial charge in [0.1, 0.15) is 5.69 Å². The van der Waals surface area contributed by atoms with E-state index in [-0.39, 0.29) is 0 Å². The summed E-state index contributed by atoms with van der Waals surface area (Å²) >= 11 is 5.80. The van der Waals surface area contributed by atoms with E-state index in [0.717, 1.165) is 5.69 Å². The summed E-state index contributed by atoms with van der Waals surface area (Å²) in [4.78, 5) is 4.16. The standard InChI is InChI=1S/C11H10ClN3O/c12-7-5-14-10(3-8(7)13)11-4-9(15-16-11)6-1-2-6/h3-6H,1-2H2,(H2,13,14). The summed E-state index contributed by atoms with van der Waals surface area (Å²) in [5.41, 5.74) is 7.87. The maximum absolute atomic E-state index is 5.80. The second-order valence-corrected chi connectivity index (χ2v) is 4.39. The molecule has 1 fully saturated rings. The maximum atomic E-state index is 5.80. The molecule has 0 aliphatic heterocycles. The minimum Gasteiger partial charge on any atom is -0.397 e. The fourth-order valence-corrected chi connectivity index (χ4v) is 1.67. The van der Waals surface area contributed by atoms with Crippen LogP contribution in [0.15, 0.2) is 22.9 Å². The molecule has 5 heteroatoms. The van der Waals surface area contributed by atoms with Gasteiger partial charge in [-0.05, 0) is 18.9 Å². The van der Waals surface area contributed by atoms with Crippen molar-refractivity contribution in [3.8, 4) is 11.5 Å². The number of hydrogen-bond acceptors (Lipinski definition) is 4. The largest absolute Gasteiger partial charge is 0.397 e. The van der Waals surface area contributed by atoms with E-state index in [1.54, 1.807) is 6.07 Å². The number of aromatic nitrogens is 2. The van der Waals surface area contributed by atoms with E-state index in [9.17, 15) is 0 Å². The Morgan fingerprint density at radius 2 is 2.19 bits per heavy atom. The zero-order chi connectivity index (χ0) is 11.1. The monoisotopic (exact) mass is 235 g/mol. The van der Waals surface area contributed by atoms with E-state index in [4.69, 9.17) is 21.9 Å². The molecule has 3 rings (SSSR count). The first-order valence-electron chi connectivity index (χ1n) is 5.12. The minimum absolute atomic E-state index is 0.450. The summed E-state index contributed by atoms with van der Waals surface area (Å²) < 4.78 is 5.24. The molecule has 0 radical (unpaired) electrons. The van der Waals surface area contributed by atoms with Gasteiger partial charge in [-0.25, -0.2) is 0 Å². The highest BCUT2D eigenvalue weighted by Gasteiger charge is 2.27. The SMILES string of the molecule is Nc1cc(-c2cc(C3CC3)no2)ncc1Cl. The fraction of sp³-hybridized carbons (Fsp3) is 0.273. The molecule has 0 bridgehead atoms. The Morgan fingerprint density at radius 1 is 1.38 bits per heavy atom. The van der Waals surface area contributed by atoms with Crippen molar-refractivity contribution in [3.05, 3.63) is 29.0 Å². The molecule has 0 unspecified atom stereocenters. The first kappa shape index (κ1) is 9.66. The van der Waals surface area contributed by atoms with Crippen molar-refractivity contribution in [1.29, 1.82) is 0 Å². The molecule has 2 aromatic rings. The molecule has 2 aromatic heterocycles. The van der Waals surface area contributed by atoms with Crippen molar-refractivity contribution < 1.29 is 4.52 Å². The number of nitrogens with zero attached hydrogens (tertiary/aromatic N) is 2. The number of anilines is 1. The third kappa shape index (κ3) is 1.65. The molecular weight excluding hydrogens is 226 g/mol. The number of nitrogens with two attached hydrogens (primary N) is 1. The summed E-state index contributed by atoms with van der Waals surface area (Å²) in [5, 5.41) is 4.47. The highest BCUT2D eigenvalue weighted by atomic mass is 35.5. The molecule has 1 saturated carbocycles. The van der Waals surface area contributed by atoms with Crippen LogP contribution in [0.4, 0.5) is 5.69 Å². The lowest BCUT2D eigenvalue weighted by Gasteiger charge is -1.98. The van der Waals surface area contributed by atoms with Gasteiger partial charge in [-0.2, -0.15) is 0 Å². The molecule has 0 aromatic carbocycles. The third-order valence-corrected chi connectivity index (χ3v) is 2.98. The van der Waals surface area contributed by atoms with Gasteiger partial charge in [0, 0.05) is 18.2 Å². The Hall–Kier alpha value is -1.55. The van der Waals surface area contributed by atoms with Crippen LogP contribution in [0.1, 0.15) is 24.5 Å². The highest BCUT2D eigenvalue weighted by molar-refractivity contribution is 6.32. The number of rotatable bonds is 2. The van der Waals surface area contributed by atoms with E-state index >= 15 is 0 Å². The van der Waals surface area contributed by atoms with Crippen molar-refractivity contribution in [2.24, 2.45) is 0 Å². The van der Waals surface area contributed by atoms with Crippen molar-refractivity contribution in [2.75, 3.05) is 5.73 Å². The van der Waals surface area contributed by atoms with E-state index in [1.165, 1.54) is 19.0 Å². The number of hydrogen-bond donors (Lipinski definition) is 1. The van der Waals surface area contributed by atoms with Gasteiger partial charge >= 0.3 is 0 Å². The molecule has 0 saturated heterocycles. The van der Waals surface area contributed by atoms with Gasteiger partial charge in [-0.3, -0.25) is 4.98 Å². The zero-order valence-corrected chi connectivity index (χ0v) is 9.24. The normalized spacial score (nSPS) is 15.3. The predicted octanol–water partition coefficient (Wildman–Crippen LogP) is 2.85. The van der Waals surface area contributed by atoms with Gasteiger partial charge in [-0.15, -0.1) is 0 Å². The van der Waals surface area contributed by atoms with Crippen LogP contribution in [-0.4, -0.2) is 10.1 Å². The highest BCUT2D eigenvalue weighted by Crippen LogP contribution is 2.40. The molecule has 82 valence electrons. The van der Waals surface area contributed by atoms with E-state index < -0.39 is 0 Å². The smallest absolute Gasteiger partial charge is 0.185 e. The Labute approximate surface area is 97.4 Å². The molecule has 0 atom stereocenters. The summed E-state index contributed by atoms with van der Waals surface area (Å²) in [6.07, 6.45) is 3.91. The molecule has 16 heavy (non-hydrogen) atoms. The number of pyridine rings is 1. The first-order chi connectivity index (χ1) is 7.74. The van der Waals surface area contributed by atoms with Crippen LogP contribution in [0.25, 0.3) is 11.5 Å². The number of halogens is 1. The van der Waals surface area contributed by atoms with E-state index in [1.807, 2.05) is 6.07 Å². The molecule has 1 aliphatic carbocycles. The topological polar surface area (TPSA) is 64.9 Å². The maximum Gasteiger partial charge on any atom is 0.185 e. The van der Waals surface area contributed by atoms with Gasteiger partial charge in [0.15, 0.2) is 5.76 Å². The Balaban J connectivity index is 1.97. The van der Waals surface area contributed by atoms with Crippen molar-refractivity contribution in [1.82, 2.24) is 10.1 Å². The first-order valence-corrected chi connectivity index (χ1v) is 5.50. The molecule has 1 aliphatic rings. The molecular formula is C11H10ClN3O. The quantitative estimate of drug-likeness (QED) is 0.869. The second-order valence-electron chi connectivity index (χ2n) is 3.98. The van der Waals surface area contributed by atoms with Gasteiger partial charge in [0.25, 0.3) is 0 Å². The van der Waals surface area contributed by atoms with E-state index in [0.29, 0.717) is 28.1 Å². The van der Waals surface area contributed by atoms with Gasteiger partial charge in [0.2, 0.25) is 0 Å². The van der Waals surface area contributed by atoms with Crippen LogP contribution in [-0.2, 0) is 0 Å². The van der Waals surface area contributed by atoms with Crippen molar-refractivity contribution >= 4 is 17.3 Å². The summed E-state index contributed by atoms with van der Waals surface area (Å²) in [7, 11) is 0. The average molecular weight is 236 g/mol. The summed E-state index contributed by atoms with van der Waals surface area (Å²) in [6, 6.07) is 3.62. The predicted molar refractivity (Wildman–Crippen MR) is 61.1 cm³/mol. The van der Waals surface area contributed by atoms with Crippen LogP contribution in [0.5, 0.6) is 0 Å². The van der Waals surface area contributed by atoms with Crippen molar-refractivity contribution in [2.45, 2.75) is 18.8 Å². The zero-order valence-electron chi connectivity index (χ0n) is 8.48. The number of nitrogen functional groups attached to an aromatic ring is 1. The third-order valence-electron chi connectivity index (χ3n) is 2.66. The van der Waals surface area contributed by atoms with Gasteiger partial charge in [0.05, 0.1) is 16.4 Å². The van der Waals surface area contributed by atoms with Gasteiger partial charge < -0.3 is 10.3 Å². The summed E-state index contributed by atoms with van der Waals surface area (Å²) in [6.45, 7) is 0. The molecule has 2 heterocycles. The Morgan fingerprint density at radius 3 is 2.88 bits per heavy atom. The fourth-order valence-electron chi connectivity index (χ4n) is 1.57. The van der Waals surface area contributed by atoms with Crippen LogP contribution in [0.2, 0.25) is 5.02 Å². The average Bonchev–Trinajstić information content (AvgIpc) is 3.01. The lowest BCUT2D eigenvalue weighted by Crippen LogP contribution is -1.89. The van der Waals surface area contributed by atoms with Crippen molar-refractivity contribution in [3.63, 3.8) is 0 Å². The van der Waals surface area contributed by atoms with Crippen LogP contribution in [0, 0.1) is 0 Å². The lowest BCUT2D eigenvalue weighted by atomic mass is 10.2. The molecule has 0 amide bonds. The van der Waals surface area contributed by atoms with Crippen LogP contribution < -0.4 is 5.73 Å². The molecule has 0 spiro atoms.